The van der Waals surface area contributed by atoms with Crippen LogP contribution in [0.25, 0.3) is 22.2 Å². The van der Waals surface area contributed by atoms with Crippen molar-refractivity contribution in [1.29, 1.82) is 0 Å². The zero-order valence-electron chi connectivity index (χ0n) is 13.1. The number of hydrogen-bond acceptors (Lipinski definition) is 5. The number of thiazole rings is 1. The lowest BCUT2D eigenvalue weighted by Crippen LogP contribution is -1.97. The van der Waals surface area contributed by atoms with Crippen LogP contribution >= 0.6 is 11.3 Å². The van der Waals surface area contributed by atoms with Gasteiger partial charge in [0.15, 0.2) is 5.76 Å². The molecular formula is C19H15N3OS. The van der Waals surface area contributed by atoms with Gasteiger partial charge in [0, 0.05) is 16.3 Å². The van der Waals surface area contributed by atoms with Crippen molar-refractivity contribution in [3.63, 3.8) is 0 Å². The number of anilines is 1. The monoisotopic (exact) mass is 333 g/mol. The Morgan fingerprint density at radius 3 is 2.71 bits per heavy atom. The summed E-state index contributed by atoms with van der Waals surface area (Å²) in [5.74, 6) is 0.753. The SMILES string of the molecule is C/C(=N\Nc1nc(-c2ccccc2)cs1)c1cc2ccccc2o1. The smallest absolute Gasteiger partial charge is 0.203 e. The van der Waals surface area contributed by atoms with E-state index in [4.69, 9.17) is 4.42 Å². The van der Waals surface area contributed by atoms with Gasteiger partial charge < -0.3 is 4.42 Å². The molecule has 0 aliphatic heterocycles. The van der Waals surface area contributed by atoms with E-state index in [1.165, 1.54) is 11.3 Å². The van der Waals surface area contributed by atoms with E-state index in [-0.39, 0.29) is 0 Å². The molecule has 1 N–H and O–H groups in total. The highest BCUT2D eigenvalue weighted by Gasteiger charge is 2.07. The van der Waals surface area contributed by atoms with Gasteiger partial charge in [-0.25, -0.2) is 4.98 Å². The summed E-state index contributed by atoms with van der Waals surface area (Å²) < 4.78 is 5.80. The van der Waals surface area contributed by atoms with Gasteiger partial charge in [-0.1, -0.05) is 48.5 Å². The maximum Gasteiger partial charge on any atom is 0.203 e. The van der Waals surface area contributed by atoms with Crippen molar-refractivity contribution in [2.45, 2.75) is 6.92 Å². The van der Waals surface area contributed by atoms with E-state index in [1.807, 2.05) is 73.0 Å². The molecule has 0 saturated heterocycles. The molecular weight excluding hydrogens is 318 g/mol. The molecule has 4 nitrogen and oxygen atoms in total. The van der Waals surface area contributed by atoms with Crippen LogP contribution in [0.1, 0.15) is 12.7 Å². The number of nitrogens with zero attached hydrogens (tertiary/aromatic N) is 2. The average molecular weight is 333 g/mol. The molecule has 2 aromatic carbocycles. The van der Waals surface area contributed by atoms with Gasteiger partial charge in [-0.15, -0.1) is 11.3 Å². The standard InChI is InChI=1S/C19H15N3OS/c1-13(18-11-15-9-5-6-10-17(15)23-18)21-22-19-20-16(12-24-19)14-7-3-2-4-8-14/h2-12H,1H3,(H,20,22)/b21-13+. The summed E-state index contributed by atoms with van der Waals surface area (Å²) in [7, 11) is 0. The van der Waals surface area contributed by atoms with E-state index in [0.717, 1.165) is 38.8 Å². The number of furan rings is 1. The van der Waals surface area contributed by atoms with E-state index in [2.05, 4.69) is 15.5 Å². The molecule has 0 bridgehead atoms. The van der Waals surface area contributed by atoms with Crippen LogP contribution in [-0.2, 0) is 0 Å². The molecule has 5 heteroatoms. The summed E-state index contributed by atoms with van der Waals surface area (Å²) in [5.41, 5.74) is 6.70. The van der Waals surface area contributed by atoms with Gasteiger partial charge in [0.1, 0.15) is 11.3 Å². The molecule has 0 unspecified atom stereocenters. The molecule has 118 valence electrons. The molecule has 0 spiro atoms. The van der Waals surface area contributed by atoms with Crippen molar-refractivity contribution < 1.29 is 4.42 Å². The van der Waals surface area contributed by atoms with Crippen molar-refractivity contribution in [3.8, 4) is 11.3 Å². The molecule has 0 saturated carbocycles. The summed E-state index contributed by atoms with van der Waals surface area (Å²) in [5, 5.41) is 8.23. The Labute approximate surface area is 143 Å². The summed E-state index contributed by atoms with van der Waals surface area (Å²) in [4.78, 5) is 4.56. The fourth-order valence-corrected chi connectivity index (χ4v) is 3.07. The molecule has 0 fully saturated rings. The number of fused-ring (bicyclic) bond motifs is 1. The van der Waals surface area contributed by atoms with E-state index in [0.29, 0.717) is 0 Å². The molecule has 4 aromatic rings. The van der Waals surface area contributed by atoms with Gasteiger partial charge in [0.05, 0.1) is 5.69 Å². The molecule has 4 rings (SSSR count). The normalized spacial score (nSPS) is 11.8. The second kappa shape index (κ2) is 6.29. The maximum atomic E-state index is 5.80. The number of benzene rings is 2. The summed E-state index contributed by atoms with van der Waals surface area (Å²) in [6, 6.07) is 20.0. The molecule has 0 aliphatic carbocycles. The Morgan fingerprint density at radius 1 is 1.08 bits per heavy atom. The summed E-state index contributed by atoms with van der Waals surface area (Å²) in [6.07, 6.45) is 0. The summed E-state index contributed by atoms with van der Waals surface area (Å²) in [6.45, 7) is 1.91. The van der Waals surface area contributed by atoms with Crippen LogP contribution in [0.5, 0.6) is 0 Å². The first kappa shape index (κ1) is 14.7. The quantitative estimate of drug-likeness (QED) is 0.402. The van der Waals surface area contributed by atoms with Crippen LogP contribution in [0.3, 0.4) is 0 Å². The third kappa shape index (κ3) is 2.94. The third-order valence-electron chi connectivity index (χ3n) is 3.68. The number of para-hydroxylation sites is 1. The molecule has 0 amide bonds. The number of hydrogen-bond donors (Lipinski definition) is 1. The molecule has 0 atom stereocenters. The first-order chi connectivity index (χ1) is 11.8. The number of rotatable bonds is 4. The fraction of sp³-hybridized carbons (Fsp3) is 0.0526. The Balaban J connectivity index is 1.53. The van der Waals surface area contributed by atoms with Crippen molar-refractivity contribution >= 4 is 33.1 Å². The summed E-state index contributed by atoms with van der Waals surface area (Å²) >= 11 is 1.53. The molecule has 0 aliphatic rings. The Morgan fingerprint density at radius 2 is 1.88 bits per heavy atom. The molecule has 2 aromatic heterocycles. The second-order valence-electron chi connectivity index (χ2n) is 5.36. The molecule has 2 heterocycles. The van der Waals surface area contributed by atoms with Gasteiger partial charge in [0.2, 0.25) is 5.13 Å². The first-order valence-corrected chi connectivity index (χ1v) is 8.48. The van der Waals surface area contributed by atoms with Crippen molar-refractivity contribution in [3.05, 3.63) is 71.8 Å². The van der Waals surface area contributed by atoms with Crippen molar-refractivity contribution in [2.75, 3.05) is 5.43 Å². The second-order valence-corrected chi connectivity index (χ2v) is 6.22. The number of hydrazone groups is 1. The van der Waals surface area contributed by atoms with Gasteiger partial charge in [-0.2, -0.15) is 5.10 Å². The number of nitrogens with one attached hydrogen (secondary N) is 1. The zero-order valence-corrected chi connectivity index (χ0v) is 13.9. The lowest BCUT2D eigenvalue weighted by Gasteiger charge is -1.97. The maximum absolute atomic E-state index is 5.80. The average Bonchev–Trinajstić information content (AvgIpc) is 3.27. The Hall–Kier alpha value is -2.92. The van der Waals surface area contributed by atoms with Crippen molar-refractivity contribution in [1.82, 2.24) is 4.98 Å². The largest absolute Gasteiger partial charge is 0.455 e. The molecule has 24 heavy (non-hydrogen) atoms. The highest BCUT2D eigenvalue weighted by molar-refractivity contribution is 7.14. The van der Waals surface area contributed by atoms with E-state index < -0.39 is 0 Å². The number of aromatic nitrogens is 1. The first-order valence-electron chi connectivity index (χ1n) is 7.60. The minimum absolute atomic E-state index is 0.753. The Kier molecular flexibility index (Phi) is 3.84. The van der Waals surface area contributed by atoms with Gasteiger partial charge in [0.25, 0.3) is 0 Å². The highest BCUT2D eigenvalue weighted by atomic mass is 32.1. The lowest BCUT2D eigenvalue weighted by molar-refractivity contribution is 0.604. The minimum atomic E-state index is 0.753. The van der Waals surface area contributed by atoms with E-state index >= 15 is 0 Å². The fourth-order valence-electron chi connectivity index (χ4n) is 2.41. The van der Waals surface area contributed by atoms with Crippen LogP contribution in [0.15, 0.2) is 75.6 Å². The Bertz CT molecular complexity index is 969. The lowest BCUT2D eigenvalue weighted by atomic mass is 10.2. The van der Waals surface area contributed by atoms with Gasteiger partial charge in [-0.3, -0.25) is 5.43 Å². The van der Waals surface area contributed by atoms with Crippen LogP contribution < -0.4 is 5.43 Å². The predicted octanol–water partition coefficient (Wildman–Crippen LogP) is 5.39. The van der Waals surface area contributed by atoms with Gasteiger partial charge >= 0.3 is 0 Å². The third-order valence-corrected chi connectivity index (χ3v) is 4.42. The topological polar surface area (TPSA) is 50.4 Å². The van der Waals surface area contributed by atoms with Crippen LogP contribution in [0, 0.1) is 0 Å². The highest BCUT2D eigenvalue weighted by Crippen LogP contribution is 2.25. The van der Waals surface area contributed by atoms with Crippen LogP contribution in [0.2, 0.25) is 0 Å². The zero-order chi connectivity index (χ0) is 16.4. The predicted molar refractivity (Wildman–Crippen MR) is 99.6 cm³/mol. The minimum Gasteiger partial charge on any atom is -0.455 e. The molecule has 0 radical (unpaired) electrons. The van der Waals surface area contributed by atoms with Gasteiger partial charge in [-0.05, 0) is 19.1 Å². The van der Waals surface area contributed by atoms with E-state index in [1.54, 1.807) is 0 Å². The van der Waals surface area contributed by atoms with Crippen LogP contribution in [-0.4, -0.2) is 10.7 Å². The van der Waals surface area contributed by atoms with Crippen LogP contribution in [0.4, 0.5) is 5.13 Å². The van der Waals surface area contributed by atoms with E-state index in [9.17, 15) is 0 Å². The van der Waals surface area contributed by atoms with Crippen molar-refractivity contribution in [2.24, 2.45) is 5.10 Å².